The molecule has 84 valence electrons. The predicted octanol–water partition coefficient (Wildman–Crippen LogP) is 2.68. The Morgan fingerprint density at radius 2 is 2.25 bits per heavy atom. The lowest BCUT2D eigenvalue weighted by Gasteiger charge is -2.01. The molecule has 0 amide bonds. The first-order chi connectivity index (χ1) is 7.77. The molecule has 3 heteroatoms. The van der Waals surface area contributed by atoms with Gasteiger partial charge in [-0.15, -0.1) is 0 Å². The van der Waals surface area contributed by atoms with Gasteiger partial charge in [0, 0.05) is 17.9 Å². The minimum absolute atomic E-state index is 0.257. The standard InChI is InChI=1S/C13H15NO2/c1-3-6-10-11(13(15)16-2)9-14-8-5-4-7-12(10)14/h4-5,7-9H,3,6H2,1-2H3. The Kier molecular flexibility index (Phi) is 2.95. The molecule has 0 aliphatic heterocycles. The van der Waals surface area contributed by atoms with Gasteiger partial charge in [-0.1, -0.05) is 19.4 Å². The number of carbonyl (C=O) groups excluding carboxylic acids is 1. The van der Waals surface area contributed by atoms with Crippen molar-refractivity contribution in [3.63, 3.8) is 0 Å². The van der Waals surface area contributed by atoms with Gasteiger partial charge in [0.1, 0.15) is 0 Å². The molecule has 0 saturated heterocycles. The molecule has 0 fully saturated rings. The van der Waals surface area contributed by atoms with Crippen LogP contribution >= 0.6 is 0 Å². The van der Waals surface area contributed by atoms with E-state index in [-0.39, 0.29) is 5.97 Å². The quantitative estimate of drug-likeness (QED) is 0.740. The third kappa shape index (κ3) is 1.69. The maximum atomic E-state index is 11.6. The van der Waals surface area contributed by atoms with E-state index in [0.717, 1.165) is 23.9 Å². The second-order valence-electron chi connectivity index (χ2n) is 3.76. The minimum Gasteiger partial charge on any atom is -0.465 e. The summed E-state index contributed by atoms with van der Waals surface area (Å²) in [6.07, 6.45) is 5.69. The number of esters is 1. The number of hydrogen-bond acceptors (Lipinski definition) is 2. The van der Waals surface area contributed by atoms with E-state index in [1.165, 1.54) is 7.11 Å². The second kappa shape index (κ2) is 4.39. The first-order valence-electron chi connectivity index (χ1n) is 5.44. The fourth-order valence-electron chi connectivity index (χ4n) is 1.98. The molecule has 0 aliphatic rings. The Bertz CT molecular complexity index is 514. The molecule has 0 unspecified atom stereocenters. The molecular weight excluding hydrogens is 202 g/mol. The van der Waals surface area contributed by atoms with Crippen LogP contribution in [0, 0.1) is 0 Å². The molecule has 3 nitrogen and oxygen atoms in total. The van der Waals surface area contributed by atoms with Crippen molar-refractivity contribution >= 4 is 11.5 Å². The summed E-state index contributed by atoms with van der Waals surface area (Å²) in [6.45, 7) is 2.10. The van der Waals surface area contributed by atoms with E-state index in [4.69, 9.17) is 4.74 Å². The fourth-order valence-corrected chi connectivity index (χ4v) is 1.98. The molecule has 0 saturated carbocycles. The number of hydrogen-bond donors (Lipinski definition) is 0. The van der Waals surface area contributed by atoms with Crippen LogP contribution in [0.3, 0.4) is 0 Å². The number of carbonyl (C=O) groups is 1. The van der Waals surface area contributed by atoms with Gasteiger partial charge in [-0.25, -0.2) is 4.79 Å². The third-order valence-corrected chi connectivity index (χ3v) is 2.70. The molecule has 0 radical (unpaired) electrons. The highest BCUT2D eigenvalue weighted by Crippen LogP contribution is 2.21. The highest BCUT2D eigenvalue weighted by Gasteiger charge is 2.16. The summed E-state index contributed by atoms with van der Waals surface area (Å²) in [5.74, 6) is -0.257. The van der Waals surface area contributed by atoms with Crippen molar-refractivity contribution < 1.29 is 9.53 Å². The van der Waals surface area contributed by atoms with Gasteiger partial charge < -0.3 is 9.14 Å². The van der Waals surface area contributed by atoms with Gasteiger partial charge in [0.15, 0.2) is 0 Å². The Balaban J connectivity index is 2.62. The maximum Gasteiger partial charge on any atom is 0.339 e. The molecule has 0 aromatic carbocycles. The number of ether oxygens (including phenoxy) is 1. The number of methoxy groups -OCH3 is 1. The Morgan fingerprint density at radius 1 is 1.44 bits per heavy atom. The zero-order chi connectivity index (χ0) is 11.5. The van der Waals surface area contributed by atoms with E-state index in [9.17, 15) is 4.79 Å². The molecule has 0 aliphatic carbocycles. The third-order valence-electron chi connectivity index (χ3n) is 2.70. The zero-order valence-electron chi connectivity index (χ0n) is 9.56. The number of rotatable bonds is 3. The van der Waals surface area contributed by atoms with Crippen molar-refractivity contribution in [2.75, 3.05) is 7.11 Å². The van der Waals surface area contributed by atoms with Gasteiger partial charge in [-0.2, -0.15) is 0 Å². The average Bonchev–Trinajstić information content (AvgIpc) is 2.68. The van der Waals surface area contributed by atoms with Crippen LogP contribution < -0.4 is 0 Å². The van der Waals surface area contributed by atoms with Crippen LogP contribution in [0.1, 0.15) is 29.3 Å². The van der Waals surface area contributed by atoms with E-state index in [2.05, 4.69) is 6.92 Å². The van der Waals surface area contributed by atoms with E-state index in [0.29, 0.717) is 5.56 Å². The maximum absolute atomic E-state index is 11.6. The first-order valence-corrected chi connectivity index (χ1v) is 5.44. The molecule has 2 heterocycles. The fraction of sp³-hybridized carbons (Fsp3) is 0.308. The van der Waals surface area contributed by atoms with Crippen LogP contribution in [0.5, 0.6) is 0 Å². The molecule has 2 rings (SSSR count). The molecule has 0 bridgehead atoms. The predicted molar refractivity (Wildman–Crippen MR) is 62.7 cm³/mol. The summed E-state index contributed by atoms with van der Waals surface area (Å²) >= 11 is 0. The topological polar surface area (TPSA) is 30.7 Å². The molecule has 0 atom stereocenters. The van der Waals surface area contributed by atoms with Gasteiger partial charge in [0.2, 0.25) is 0 Å². The lowest BCUT2D eigenvalue weighted by atomic mass is 10.1. The van der Waals surface area contributed by atoms with Crippen LogP contribution in [0.4, 0.5) is 0 Å². The zero-order valence-corrected chi connectivity index (χ0v) is 9.56. The summed E-state index contributed by atoms with van der Waals surface area (Å²) in [7, 11) is 1.42. The highest BCUT2D eigenvalue weighted by atomic mass is 16.5. The number of nitrogens with zero attached hydrogens (tertiary/aromatic N) is 1. The van der Waals surface area contributed by atoms with Crippen molar-refractivity contribution in [1.82, 2.24) is 4.40 Å². The minimum atomic E-state index is -0.257. The average molecular weight is 217 g/mol. The SMILES string of the molecule is CCCc1c(C(=O)OC)cn2ccccc12. The van der Waals surface area contributed by atoms with E-state index < -0.39 is 0 Å². The van der Waals surface area contributed by atoms with Gasteiger partial charge >= 0.3 is 5.97 Å². The Morgan fingerprint density at radius 3 is 2.94 bits per heavy atom. The van der Waals surface area contributed by atoms with Crippen molar-refractivity contribution in [2.24, 2.45) is 0 Å². The van der Waals surface area contributed by atoms with Crippen LogP contribution in [-0.4, -0.2) is 17.5 Å². The van der Waals surface area contributed by atoms with Gasteiger partial charge in [-0.3, -0.25) is 0 Å². The number of aromatic nitrogens is 1. The van der Waals surface area contributed by atoms with Crippen molar-refractivity contribution in [3.05, 3.63) is 41.7 Å². The summed E-state index contributed by atoms with van der Waals surface area (Å²) in [6, 6.07) is 5.96. The van der Waals surface area contributed by atoms with Gasteiger partial charge in [0.25, 0.3) is 0 Å². The van der Waals surface area contributed by atoms with E-state index in [1.54, 1.807) is 0 Å². The smallest absolute Gasteiger partial charge is 0.339 e. The largest absolute Gasteiger partial charge is 0.465 e. The summed E-state index contributed by atoms with van der Waals surface area (Å²) < 4.78 is 6.77. The lowest BCUT2D eigenvalue weighted by Crippen LogP contribution is -2.02. The number of pyridine rings is 1. The van der Waals surface area contributed by atoms with Crippen LogP contribution in [0.15, 0.2) is 30.6 Å². The van der Waals surface area contributed by atoms with Gasteiger partial charge in [0.05, 0.1) is 12.7 Å². The second-order valence-corrected chi connectivity index (χ2v) is 3.76. The number of fused-ring (bicyclic) bond motifs is 1. The van der Waals surface area contributed by atoms with Crippen LogP contribution in [0.25, 0.3) is 5.52 Å². The summed E-state index contributed by atoms with van der Waals surface area (Å²) in [5, 5.41) is 0. The molecule has 0 spiro atoms. The highest BCUT2D eigenvalue weighted by molar-refractivity contribution is 5.93. The molecule has 16 heavy (non-hydrogen) atoms. The molecular formula is C13H15NO2. The normalized spacial score (nSPS) is 10.6. The van der Waals surface area contributed by atoms with Crippen LogP contribution in [0.2, 0.25) is 0 Å². The molecule has 2 aromatic heterocycles. The Labute approximate surface area is 94.6 Å². The lowest BCUT2D eigenvalue weighted by molar-refractivity contribution is 0.0600. The van der Waals surface area contributed by atoms with Crippen LogP contribution in [-0.2, 0) is 11.2 Å². The van der Waals surface area contributed by atoms with E-state index in [1.807, 2.05) is 35.0 Å². The first kappa shape index (κ1) is 10.7. The van der Waals surface area contributed by atoms with Gasteiger partial charge in [-0.05, 0) is 24.1 Å². The van der Waals surface area contributed by atoms with Crippen molar-refractivity contribution in [2.45, 2.75) is 19.8 Å². The van der Waals surface area contributed by atoms with E-state index >= 15 is 0 Å². The monoisotopic (exact) mass is 217 g/mol. The number of aryl methyl sites for hydroxylation is 1. The summed E-state index contributed by atoms with van der Waals surface area (Å²) in [4.78, 5) is 11.6. The summed E-state index contributed by atoms with van der Waals surface area (Å²) in [5.41, 5.74) is 2.84. The van der Waals surface area contributed by atoms with Crippen molar-refractivity contribution in [1.29, 1.82) is 0 Å². The molecule has 0 N–H and O–H groups in total. The Hall–Kier alpha value is -1.77. The van der Waals surface area contributed by atoms with Crippen molar-refractivity contribution in [3.8, 4) is 0 Å². The molecule has 2 aromatic rings.